The van der Waals surface area contributed by atoms with Crippen molar-refractivity contribution in [1.82, 2.24) is 19.5 Å². The van der Waals surface area contributed by atoms with Crippen molar-refractivity contribution in [2.24, 2.45) is 5.92 Å². The number of pyridine rings is 1. The van der Waals surface area contributed by atoms with E-state index in [2.05, 4.69) is 19.8 Å². The Balaban J connectivity index is 0.985. The Hall–Kier alpha value is -3.51. The summed E-state index contributed by atoms with van der Waals surface area (Å²) >= 11 is 0. The van der Waals surface area contributed by atoms with E-state index in [1.54, 1.807) is 30.1 Å². The summed E-state index contributed by atoms with van der Waals surface area (Å²) in [4.78, 5) is 27.1. The fraction of sp³-hybridized carbons (Fsp3) is 0.500. The van der Waals surface area contributed by atoms with Crippen LogP contribution >= 0.6 is 0 Å². The molecule has 2 saturated carbocycles. The average Bonchev–Trinajstić information content (AvgIpc) is 3.91. The summed E-state index contributed by atoms with van der Waals surface area (Å²) in [5.74, 6) is 2.23. The van der Waals surface area contributed by atoms with Crippen LogP contribution in [0.2, 0.25) is 0 Å². The van der Waals surface area contributed by atoms with Gasteiger partial charge >= 0.3 is 0 Å². The van der Waals surface area contributed by atoms with Gasteiger partial charge in [-0.3, -0.25) is 9.69 Å². The fourth-order valence-electron chi connectivity index (χ4n) is 7.40. The summed E-state index contributed by atoms with van der Waals surface area (Å²) in [5.41, 5.74) is 2.46. The van der Waals surface area contributed by atoms with Crippen molar-refractivity contribution in [2.75, 3.05) is 54.9 Å². The number of benzene rings is 2. The summed E-state index contributed by atoms with van der Waals surface area (Å²) in [6, 6.07) is 20.8. The number of fused-ring (bicyclic) bond motifs is 1. The molecule has 3 aromatic rings. The first-order valence-corrected chi connectivity index (χ1v) is 18.7. The summed E-state index contributed by atoms with van der Waals surface area (Å²) in [6.07, 6.45) is 6.59. The van der Waals surface area contributed by atoms with Crippen LogP contribution in [0.15, 0.2) is 71.6 Å². The third-order valence-corrected chi connectivity index (χ3v) is 11.9. The van der Waals surface area contributed by atoms with Crippen molar-refractivity contribution in [2.45, 2.75) is 75.0 Å². The second-order valence-corrected chi connectivity index (χ2v) is 15.5. The maximum atomic E-state index is 13.5. The van der Waals surface area contributed by atoms with E-state index in [-0.39, 0.29) is 22.9 Å². The molecule has 11 heteroatoms. The van der Waals surface area contributed by atoms with E-state index in [0.29, 0.717) is 29.9 Å². The van der Waals surface area contributed by atoms with Crippen LogP contribution in [-0.2, 0) is 21.4 Å². The highest BCUT2D eigenvalue weighted by Crippen LogP contribution is 2.37. The third-order valence-electron chi connectivity index (χ3n) is 10.4. The normalized spacial score (nSPS) is 24.3. The van der Waals surface area contributed by atoms with E-state index in [1.165, 1.54) is 19.4 Å². The number of hydrogen-bond donors (Lipinski definition) is 2. The van der Waals surface area contributed by atoms with Gasteiger partial charge in [-0.05, 0) is 87.3 Å². The molecule has 1 aromatic heterocycles. The standard InChI is InChI=1S/C36H47N7O3S/c1-26-36(44)40(2)33-17-18-34(38-35(33)43(26)25-27-7-4-3-5-8-27)37-30-9-6-10-32(23-30)47(45,46)39-29-13-15-31(16-14-29)42-21-19-41(20-22-42)24-28-11-12-28/h3-10,17-18,23,26,28-29,31,39H,11-16,19-22,24-25H2,1-2H3,(H,37,38)/t26-,29-,31-/m1/s1. The number of likely N-dealkylation sites (N-methyl/N-ethyl adjacent to an activating group) is 1. The number of carbonyl (C=O) groups is 1. The molecule has 2 aromatic carbocycles. The zero-order valence-corrected chi connectivity index (χ0v) is 28.3. The van der Waals surface area contributed by atoms with Crippen LogP contribution in [0.5, 0.6) is 0 Å². The predicted octanol–water partition coefficient (Wildman–Crippen LogP) is 4.81. The van der Waals surface area contributed by atoms with Crippen LogP contribution in [0.4, 0.5) is 23.0 Å². The number of aromatic nitrogens is 1. The Kier molecular flexibility index (Phi) is 9.24. The maximum absolute atomic E-state index is 13.5. The molecule has 1 saturated heterocycles. The zero-order chi connectivity index (χ0) is 32.5. The summed E-state index contributed by atoms with van der Waals surface area (Å²) < 4.78 is 30.0. The Morgan fingerprint density at radius 1 is 0.872 bits per heavy atom. The molecule has 4 aliphatic rings. The number of anilines is 4. The molecule has 10 nitrogen and oxygen atoms in total. The van der Waals surface area contributed by atoms with Crippen molar-refractivity contribution < 1.29 is 13.2 Å². The van der Waals surface area contributed by atoms with Gasteiger partial charge in [0.25, 0.3) is 0 Å². The number of carbonyl (C=O) groups excluding carboxylic acids is 1. The molecule has 0 spiro atoms. The molecule has 3 fully saturated rings. The molecule has 1 amide bonds. The maximum Gasteiger partial charge on any atom is 0.249 e. The Labute approximate surface area is 279 Å². The van der Waals surface area contributed by atoms with Crippen LogP contribution in [0.3, 0.4) is 0 Å². The van der Waals surface area contributed by atoms with E-state index in [4.69, 9.17) is 4.98 Å². The lowest BCUT2D eigenvalue weighted by molar-refractivity contribution is -0.119. The molecule has 2 aliphatic carbocycles. The van der Waals surface area contributed by atoms with Crippen molar-refractivity contribution in [1.29, 1.82) is 0 Å². The van der Waals surface area contributed by atoms with E-state index < -0.39 is 10.0 Å². The summed E-state index contributed by atoms with van der Waals surface area (Å²) in [5, 5.41) is 3.31. The quantitative estimate of drug-likeness (QED) is 0.321. The molecule has 0 radical (unpaired) electrons. The van der Waals surface area contributed by atoms with Gasteiger partial charge in [0, 0.05) is 64.1 Å². The Bertz CT molecular complexity index is 1670. The Morgan fingerprint density at radius 2 is 1.62 bits per heavy atom. The first kappa shape index (κ1) is 32.1. The van der Waals surface area contributed by atoms with Crippen molar-refractivity contribution >= 4 is 38.9 Å². The minimum Gasteiger partial charge on any atom is -0.340 e. The molecule has 7 rings (SSSR count). The second-order valence-electron chi connectivity index (χ2n) is 13.8. The number of rotatable bonds is 10. The molecule has 3 heterocycles. The number of amides is 1. The van der Waals surface area contributed by atoms with Crippen LogP contribution in [0.25, 0.3) is 0 Å². The van der Waals surface area contributed by atoms with Gasteiger partial charge in [-0.2, -0.15) is 0 Å². The van der Waals surface area contributed by atoms with Gasteiger partial charge in [0.15, 0.2) is 5.82 Å². The topological polar surface area (TPSA) is 101 Å². The minimum absolute atomic E-state index is 0.0109. The third kappa shape index (κ3) is 7.33. The molecule has 2 N–H and O–H groups in total. The van der Waals surface area contributed by atoms with Gasteiger partial charge < -0.3 is 20.0 Å². The molecule has 250 valence electrons. The van der Waals surface area contributed by atoms with Crippen molar-refractivity contribution in [3.05, 3.63) is 72.3 Å². The molecule has 47 heavy (non-hydrogen) atoms. The molecule has 0 bridgehead atoms. The number of sulfonamides is 1. The smallest absolute Gasteiger partial charge is 0.249 e. The average molecular weight is 658 g/mol. The second kappa shape index (κ2) is 13.5. The lowest BCUT2D eigenvalue weighted by Crippen LogP contribution is -2.52. The monoisotopic (exact) mass is 657 g/mol. The number of nitrogens with one attached hydrogen (secondary N) is 2. The summed E-state index contributed by atoms with van der Waals surface area (Å²) in [6.45, 7) is 8.30. The van der Waals surface area contributed by atoms with E-state index in [9.17, 15) is 13.2 Å². The van der Waals surface area contributed by atoms with Gasteiger partial charge in [0.05, 0.1) is 10.6 Å². The molecule has 2 aliphatic heterocycles. The van der Waals surface area contributed by atoms with Crippen LogP contribution in [-0.4, -0.2) is 87.0 Å². The first-order chi connectivity index (χ1) is 22.7. The van der Waals surface area contributed by atoms with Crippen LogP contribution < -0.4 is 19.8 Å². The fourth-order valence-corrected chi connectivity index (χ4v) is 8.75. The molecular weight excluding hydrogens is 611 g/mol. The van der Waals surface area contributed by atoms with Crippen molar-refractivity contribution in [3.8, 4) is 0 Å². The van der Waals surface area contributed by atoms with Gasteiger partial charge in [0.1, 0.15) is 11.9 Å². The lowest BCUT2D eigenvalue weighted by atomic mass is 9.90. The SMILES string of the molecule is C[C@@H]1C(=O)N(C)c2ccc(Nc3cccc(S(=O)(=O)N[C@H]4CC[C@H](N5CCN(CC6CC6)CC5)CC4)c3)nc2N1Cc1ccccc1. The largest absolute Gasteiger partial charge is 0.340 e. The molecular formula is C36H47N7O3S. The minimum atomic E-state index is -3.69. The van der Waals surface area contributed by atoms with E-state index in [1.807, 2.05) is 60.4 Å². The van der Waals surface area contributed by atoms with E-state index in [0.717, 1.165) is 69.0 Å². The number of nitrogens with zero attached hydrogens (tertiary/aromatic N) is 5. The zero-order valence-electron chi connectivity index (χ0n) is 27.5. The van der Waals surface area contributed by atoms with Gasteiger partial charge in [-0.15, -0.1) is 0 Å². The first-order valence-electron chi connectivity index (χ1n) is 17.2. The summed E-state index contributed by atoms with van der Waals surface area (Å²) in [7, 11) is -1.92. The highest BCUT2D eigenvalue weighted by atomic mass is 32.2. The molecule has 0 unspecified atom stereocenters. The van der Waals surface area contributed by atoms with Crippen molar-refractivity contribution in [3.63, 3.8) is 0 Å². The number of hydrogen-bond acceptors (Lipinski definition) is 8. The van der Waals surface area contributed by atoms with Crippen LogP contribution in [0.1, 0.15) is 51.0 Å². The number of piperazine rings is 1. The predicted molar refractivity (Wildman–Crippen MR) is 187 cm³/mol. The lowest BCUT2D eigenvalue weighted by Gasteiger charge is -2.42. The van der Waals surface area contributed by atoms with Gasteiger partial charge in [-0.25, -0.2) is 18.1 Å². The van der Waals surface area contributed by atoms with Crippen LogP contribution in [0, 0.1) is 5.92 Å². The highest BCUT2D eigenvalue weighted by Gasteiger charge is 2.35. The highest BCUT2D eigenvalue weighted by molar-refractivity contribution is 7.89. The van der Waals surface area contributed by atoms with Gasteiger partial charge in [-0.1, -0.05) is 36.4 Å². The van der Waals surface area contributed by atoms with E-state index >= 15 is 0 Å². The Morgan fingerprint density at radius 3 is 2.34 bits per heavy atom. The molecule has 1 atom stereocenters. The van der Waals surface area contributed by atoms with Gasteiger partial charge in [0.2, 0.25) is 15.9 Å².